The highest BCUT2D eigenvalue weighted by molar-refractivity contribution is 5.68. The number of rotatable bonds is 6. The fraction of sp³-hybridized carbons (Fsp3) is 0.812. The maximum atomic E-state index is 12.3. The SMILES string of the molecule is CC(C)(C)OC(=O)N1CCCCC1CNCCCc1ncn[nH]1. The zero-order valence-electron chi connectivity index (χ0n) is 14.5. The van der Waals surface area contributed by atoms with E-state index in [0.29, 0.717) is 0 Å². The van der Waals surface area contributed by atoms with E-state index in [4.69, 9.17) is 4.74 Å². The van der Waals surface area contributed by atoms with Crippen LogP contribution in [0.4, 0.5) is 4.79 Å². The van der Waals surface area contributed by atoms with Gasteiger partial charge in [0.15, 0.2) is 0 Å². The van der Waals surface area contributed by atoms with Crippen molar-refractivity contribution >= 4 is 6.09 Å². The quantitative estimate of drug-likeness (QED) is 0.784. The first-order valence-corrected chi connectivity index (χ1v) is 8.50. The molecule has 1 saturated heterocycles. The van der Waals surface area contributed by atoms with Gasteiger partial charge in [0.2, 0.25) is 0 Å². The molecule has 1 aromatic rings. The smallest absolute Gasteiger partial charge is 0.410 e. The summed E-state index contributed by atoms with van der Waals surface area (Å²) >= 11 is 0. The van der Waals surface area contributed by atoms with E-state index < -0.39 is 5.60 Å². The number of hydrogen-bond donors (Lipinski definition) is 2. The van der Waals surface area contributed by atoms with E-state index in [1.807, 2.05) is 25.7 Å². The first-order chi connectivity index (χ1) is 11.0. The van der Waals surface area contributed by atoms with Crippen LogP contribution in [0.2, 0.25) is 0 Å². The van der Waals surface area contributed by atoms with Crippen molar-refractivity contribution in [1.29, 1.82) is 0 Å². The van der Waals surface area contributed by atoms with Crippen molar-refractivity contribution in [2.24, 2.45) is 0 Å². The number of amides is 1. The van der Waals surface area contributed by atoms with Gasteiger partial charge in [-0.15, -0.1) is 0 Å². The number of nitrogens with zero attached hydrogens (tertiary/aromatic N) is 3. The van der Waals surface area contributed by atoms with Crippen LogP contribution in [0.15, 0.2) is 6.33 Å². The van der Waals surface area contributed by atoms with Crippen molar-refractivity contribution in [3.8, 4) is 0 Å². The molecule has 1 aliphatic rings. The third-order valence-corrected chi connectivity index (χ3v) is 3.87. The number of aromatic nitrogens is 3. The van der Waals surface area contributed by atoms with Gasteiger partial charge in [0.1, 0.15) is 17.8 Å². The Kier molecular flexibility index (Phi) is 6.38. The highest BCUT2D eigenvalue weighted by atomic mass is 16.6. The standard InChI is InChI=1S/C16H29N5O2/c1-16(2,3)23-15(22)21-10-5-4-7-13(21)11-17-9-6-8-14-18-12-19-20-14/h12-13,17H,4-11H2,1-3H3,(H,18,19,20). The summed E-state index contributed by atoms with van der Waals surface area (Å²) in [5, 5.41) is 10.2. The number of aromatic amines is 1. The minimum Gasteiger partial charge on any atom is -0.444 e. The van der Waals surface area contributed by atoms with Crippen LogP contribution in [-0.4, -0.2) is 57.5 Å². The first kappa shape index (κ1) is 17.7. The highest BCUT2D eigenvalue weighted by Gasteiger charge is 2.29. The minimum atomic E-state index is -0.441. The second kappa shape index (κ2) is 8.29. The number of carbonyl (C=O) groups is 1. The maximum Gasteiger partial charge on any atom is 0.410 e. The van der Waals surface area contributed by atoms with Gasteiger partial charge in [-0.05, 0) is 53.0 Å². The average Bonchev–Trinajstić information content (AvgIpc) is 2.99. The summed E-state index contributed by atoms with van der Waals surface area (Å²) in [7, 11) is 0. The number of piperidine rings is 1. The number of carbonyl (C=O) groups excluding carboxylic acids is 1. The lowest BCUT2D eigenvalue weighted by molar-refractivity contribution is 0.00998. The molecule has 2 heterocycles. The Morgan fingerprint density at radius 1 is 1.48 bits per heavy atom. The summed E-state index contributed by atoms with van der Waals surface area (Å²) in [6, 6.07) is 0.226. The first-order valence-electron chi connectivity index (χ1n) is 8.50. The molecule has 1 amide bonds. The van der Waals surface area contributed by atoms with Gasteiger partial charge in [-0.1, -0.05) is 0 Å². The Labute approximate surface area is 138 Å². The number of ether oxygens (including phenoxy) is 1. The highest BCUT2D eigenvalue weighted by Crippen LogP contribution is 2.20. The van der Waals surface area contributed by atoms with E-state index in [0.717, 1.165) is 51.1 Å². The third kappa shape index (κ3) is 6.17. The van der Waals surface area contributed by atoms with Crippen LogP contribution in [0.25, 0.3) is 0 Å². The number of aryl methyl sites for hydroxylation is 1. The van der Waals surface area contributed by atoms with Crippen molar-refractivity contribution < 1.29 is 9.53 Å². The Balaban J connectivity index is 1.71. The molecule has 7 heteroatoms. The fourth-order valence-electron chi connectivity index (χ4n) is 2.77. The molecule has 7 nitrogen and oxygen atoms in total. The van der Waals surface area contributed by atoms with E-state index in [9.17, 15) is 4.79 Å². The maximum absolute atomic E-state index is 12.3. The summed E-state index contributed by atoms with van der Waals surface area (Å²) in [6.07, 6.45) is 6.48. The van der Waals surface area contributed by atoms with Gasteiger partial charge in [0.25, 0.3) is 0 Å². The van der Waals surface area contributed by atoms with Gasteiger partial charge in [-0.2, -0.15) is 5.10 Å². The average molecular weight is 323 g/mol. The Morgan fingerprint density at radius 3 is 3.00 bits per heavy atom. The second-order valence-electron chi connectivity index (χ2n) is 7.06. The van der Waals surface area contributed by atoms with E-state index in [1.54, 1.807) is 0 Å². The monoisotopic (exact) mass is 323 g/mol. The molecule has 1 aromatic heterocycles. The van der Waals surface area contributed by atoms with Crippen molar-refractivity contribution in [2.45, 2.75) is 64.5 Å². The molecule has 0 radical (unpaired) electrons. The lowest BCUT2D eigenvalue weighted by Gasteiger charge is -2.37. The number of nitrogens with one attached hydrogen (secondary N) is 2. The van der Waals surface area contributed by atoms with Crippen molar-refractivity contribution in [3.63, 3.8) is 0 Å². The predicted molar refractivity (Wildman–Crippen MR) is 88.2 cm³/mol. The normalized spacial score (nSPS) is 18.9. The summed E-state index contributed by atoms with van der Waals surface area (Å²) in [6.45, 7) is 8.23. The fourth-order valence-corrected chi connectivity index (χ4v) is 2.77. The molecule has 0 bridgehead atoms. The molecule has 130 valence electrons. The van der Waals surface area contributed by atoms with Crippen LogP contribution < -0.4 is 5.32 Å². The molecule has 0 aromatic carbocycles. The predicted octanol–water partition coefficient (Wildman–Crippen LogP) is 2.12. The van der Waals surface area contributed by atoms with Crippen molar-refractivity contribution in [1.82, 2.24) is 25.4 Å². The molecule has 1 unspecified atom stereocenters. The number of likely N-dealkylation sites (tertiary alicyclic amines) is 1. The molecular weight excluding hydrogens is 294 g/mol. The molecule has 23 heavy (non-hydrogen) atoms. The zero-order valence-corrected chi connectivity index (χ0v) is 14.5. The summed E-state index contributed by atoms with van der Waals surface area (Å²) in [5.74, 6) is 0.917. The van der Waals surface area contributed by atoms with Crippen LogP contribution in [0.1, 0.15) is 52.3 Å². The van der Waals surface area contributed by atoms with Gasteiger partial charge in [-0.25, -0.2) is 9.78 Å². The largest absolute Gasteiger partial charge is 0.444 e. The molecule has 1 atom stereocenters. The molecule has 0 saturated carbocycles. The van der Waals surface area contributed by atoms with E-state index in [1.165, 1.54) is 12.7 Å². The van der Waals surface area contributed by atoms with E-state index in [-0.39, 0.29) is 12.1 Å². The van der Waals surface area contributed by atoms with Gasteiger partial charge >= 0.3 is 6.09 Å². The lowest BCUT2D eigenvalue weighted by atomic mass is 10.0. The molecule has 0 aliphatic carbocycles. The van der Waals surface area contributed by atoms with E-state index in [2.05, 4.69) is 20.5 Å². The summed E-state index contributed by atoms with van der Waals surface area (Å²) < 4.78 is 5.52. The topological polar surface area (TPSA) is 83.1 Å². The van der Waals surface area contributed by atoms with Gasteiger partial charge in [-0.3, -0.25) is 5.10 Å². The third-order valence-electron chi connectivity index (χ3n) is 3.87. The molecule has 2 N–H and O–H groups in total. The van der Waals surface area contributed by atoms with Crippen LogP contribution in [-0.2, 0) is 11.2 Å². The van der Waals surface area contributed by atoms with Gasteiger partial charge in [0.05, 0.1) is 0 Å². The number of hydrogen-bond acceptors (Lipinski definition) is 5. The molecule has 1 fully saturated rings. The molecule has 0 spiro atoms. The summed E-state index contributed by atoms with van der Waals surface area (Å²) in [4.78, 5) is 18.3. The zero-order chi connectivity index (χ0) is 16.7. The van der Waals surface area contributed by atoms with Crippen molar-refractivity contribution in [3.05, 3.63) is 12.2 Å². The van der Waals surface area contributed by atoms with Crippen LogP contribution >= 0.6 is 0 Å². The number of H-pyrrole nitrogens is 1. The second-order valence-corrected chi connectivity index (χ2v) is 7.06. The van der Waals surface area contributed by atoms with Gasteiger partial charge < -0.3 is 15.0 Å². The minimum absolute atomic E-state index is 0.189. The van der Waals surface area contributed by atoms with Gasteiger partial charge in [0, 0.05) is 25.6 Å². The molecule has 2 rings (SSSR count). The Morgan fingerprint density at radius 2 is 2.30 bits per heavy atom. The van der Waals surface area contributed by atoms with E-state index >= 15 is 0 Å². The molecule has 1 aliphatic heterocycles. The van der Waals surface area contributed by atoms with Crippen LogP contribution in [0.3, 0.4) is 0 Å². The lowest BCUT2D eigenvalue weighted by Crippen LogP contribution is -2.50. The van der Waals surface area contributed by atoms with Crippen LogP contribution in [0.5, 0.6) is 0 Å². The Hall–Kier alpha value is -1.63. The van der Waals surface area contributed by atoms with Crippen LogP contribution in [0, 0.1) is 0 Å². The summed E-state index contributed by atoms with van der Waals surface area (Å²) in [5.41, 5.74) is -0.441. The van der Waals surface area contributed by atoms with Crippen molar-refractivity contribution in [2.75, 3.05) is 19.6 Å². The molecular formula is C16H29N5O2. The Bertz CT molecular complexity index is 469.